The van der Waals surface area contributed by atoms with E-state index in [2.05, 4.69) is 43.2 Å². The van der Waals surface area contributed by atoms with Crippen LogP contribution in [-0.2, 0) is 5.41 Å². The van der Waals surface area contributed by atoms with Gasteiger partial charge in [-0.2, -0.15) is 0 Å². The molecule has 0 spiro atoms. The van der Waals surface area contributed by atoms with Crippen LogP contribution in [0.1, 0.15) is 44.7 Å². The third-order valence-electron chi connectivity index (χ3n) is 4.70. The summed E-state index contributed by atoms with van der Waals surface area (Å²) in [5.41, 5.74) is 0.677. The molecule has 0 fully saturated rings. The largest absolute Gasteiger partial charge is 0.496 e. The van der Waals surface area contributed by atoms with Gasteiger partial charge in [-0.25, -0.2) is 0 Å². The van der Waals surface area contributed by atoms with Crippen LogP contribution < -0.4 is 14.8 Å². The van der Waals surface area contributed by atoms with Gasteiger partial charge in [0.2, 0.25) is 5.13 Å². The Balaban J connectivity index is 2.26. The van der Waals surface area contributed by atoms with Gasteiger partial charge >= 0.3 is 0 Å². The first-order chi connectivity index (χ1) is 11.8. The van der Waals surface area contributed by atoms with Gasteiger partial charge in [-0.15, -0.1) is 10.2 Å². The van der Waals surface area contributed by atoms with Crippen LogP contribution in [0.3, 0.4) is 0 Å². The van der Waals surface area contributed by atoms with E-state index in [1.165, 1.54) is 11.3 Å². The number of hydrogen-bond acceptors (Lipinski definition) is 6. The minimum absolute atomic E-state index is 0.0317. The topological polar surface area (TPSA) is 56.3 Å². The summed E-state index contributed by atoms with van der Waals surface area (Å²) in [7, 11) is 3.22. The Morgan fingerprint density at radius 2 is 1.84 bits per heavy atom. The molecule has 1 atom stereocenters. The maximum atomic E-state index is 5.56. The van der Waals surface area contributed by atoms with Crippen molar-refractivity contribution in [1.82, 2.24) is 10.2 Å². The quantitative estimate of drug-likeness (QED) is 0.706. The fourth-order valence-corrected chi connectivity index (χ4v) is 3.82. The molecule has 25 heavy (non-hydrogen) atoms. The standard InChI is InChI=1S/C18H25N3O2S2/c1-7-11(2)18(3,4)16-20-21-17(25-16)19-15(24)14-12(22-5)9-8-10-13(14)23-6/h8-11H,7H2,1-6H3,(H,19,21,24). The van der Waals surface area contributed by atoms with E-state index in [9.17, 15) is 0 Å². The number of aromatic nitrogens is 2. The Morgan fingerprint density at radius 3 is 2.36 bits per heavy atom. The van der Waals surface area contributed by atoms with Crippen molar-refractivity contribution in [2.24, 2.45) is 5.92 Å². The Bertz CT molecular complexity index is 721. The van der Waals surface area contributed by atoms with Gasteiger partial charge in [0.15, 0.2) is 0 Å². The van der Waals surface area contributed by atoms with Crippen LogP contribution >= 0.6 is 23.6 Å². The molecule has 1 heterocycles. The first-order valence-corrected chi connectivity index (χ1v) is 9.43. The van der Waals surface area contributed by atoms with Gasteiger partial charge in [-0.3, -0.25) is 0 Å². The van der Waals surface area contributed by atoms with Gasteiger partial charge in [-0.1, -0.05) is 63.7 Å². The minimum Gasteiger partial charge on any atom is -0.496 e. The van der Waals surface area contributed by atoms with E-state index >= 15 is 0 Å². The molecule has 0 radical (unpaired) electrons. The fourth-order valence-electron chi connectivity index (χ4n) is 2.49. The molecule has 5 nitrogen and oxygen atoms in total. The van der Waals surface area contributed by atoms with Crippen molar-refractivity contribution in [3.8, 4) is 11.5 Å². The SMILES string of the molecule is CCC(C)C(C)(C)c1nnc(NC(=S)c2c(OC)cccc2OC)s1. The molecule has 0 aliphatic carbocycles. The zero-order chi connectivity index (χ0) is 18.6. The van der Waals surface area contributed by atoms with Gasteiger partial charge in [-0.05, 0) is 18.1 Å². The smallest absolute Gasteiger partial charge is 0.210 e. The lowest BCUT2D eigenvalue weighted by atomic mass is 9.79. The summed E-state index contributed by atoms with van der Waals surface area (Å²) in [5.74, 6) is 1.82. The van der Waals surface area contributed by atoms with Gasteiger partial charge in [0.05, 0.1) is 19.8 Å². The normalized spacial score (nSPS) is 12.6. The Kier molecular flexibility index (Phi) is 6.35. The van der Waals surface area contributed by atoms with Gasteiger partial charge in [0.1, 0.15) is 21.5 Å². The molecular weight excluding hydrogens is 354 g/mol. The second kappa shape index (κ2) is 8.10. The molecule has 1 aromatic carbocycles. The van der Waals surface area contributed by atoms with E-state index in [4.69, 9.17) is 21.7 Å². The molecule has 2 rings (SSSR count). The van der Waals surface area contributed by atoms with E-state index in [0.717, 1.165) is 11.4 Å². The zero-order valence-electron chi connectivity index (χ0n) is 15.5. The zero-order valence-corrected chi connectivity index (χ0v) is 17.2. The summed E-state index contributed by atoms with van der Waals surface area (Å²) in [4.78, 5) is 0.498. The second-order valence-electron chi connectivity index (χ2n) is 6.44. The van der Waals surface area contributed by atoms with Crippen molar-refractivity contribution in [3.63, 3.8) is 0 Å². The van der Waals surface area contributed by atoms with E-state index in [1.54, 1.807) is 14.2 Å². The van der Waals surface area contributed by atoms with Crippen LogP contribution in [0.5, 0.6) is 11.5 Å². The third kappa shape index (κ3) is 4.10. The van der Waals surface area contributed by atoms with Crippen molar-refractivity contribution in [3.05, 3.63) is 28.8 Å². The summed E-state index contributed by atoms with van der Waals surface area (Å²) < 4.78 is 10.8. The molecular formula is C18H25N3O2S2. The van der Waals surface area contributed by atoms with Gasteiger partial charge < -0.3 is 14.8 Å². The van der Waals surface area contributed by atoms with Crippen molar-refractivity contribution in [2.45, 2.75) is 39.5 Å². The number of rotatable bonds is 7. The van der Waals surface area contributed by atoms with Crippen molar-refractivity contribution >= 4 is 33.7 Å². The van der Waals surface area contributed by atoms with Crippen LogP contribution in [-0.4, -0.2) is 29.4 Å². The Hall–Kier alpha value is -1.73. The molecule has 0 saturated carbocycles. The number of nitrogens with zero attached hydrogens (tertiary/aromatic N) is 2. The number of nitrogens with one attached hydrogen (secondary N) is 1. The van der Waals surface area contributed by atoms with Crippen LogP contribution in [0, 0.1) is 5.92 Å². The van der Waals surface area contributed by atoms with Crippen molar-refractivity contribution in [2.75, 3.05) is 19.5 Å². The highest BCUT2D eigenvalue weighted by molar-refractivity contribution is 7.81. The van der Waals surface area contributed by atoms with E-state index in [-0.39, 0.29) is 5.41 Å². The van der Waals surface area contributed by atoms with Crippen LogP contribution in [0.2, 0.25) is 0 Å². The molecule has 1 unspecified atom stereocenters. The highest BCUT2D eigenvalue weighted by Crippen LogP contribution is 2.37. The maximum Gasteiger partial charge on any atom is 0.210 e. The highest BCUT2D eigenvalue weighted by Gasteiger charge is 2.31. The molecule has 136 valence electrons. The predicted octanol–water partition coefficient (Wildman–Crippen LogP) is 4.67. The third-order valence-corrected chi connectivity index (χ3v) is 6.18. The number of thiocarbonyl (C=S) groups is 1. The Morgan fingerprint density at radius 1 is 1.24 bits per heavy atom. The second-order valence-corrected chi connectivity index (χ2v) is 7.82. The summed E-state index contributed by atoms with van der Waals surface area (Å²) in [6.07, 6.45) is 1.09. The number of ether oxygens (including phenoxy) is 2. The van der Waals surface area contributed by atoms with E-state index in [1.807, 2.05) is 18.2 Å². The van der Waals surface area contributed by atoms with Crippen LogP contribution in [0.15, 0.2) is 18.2 Å². The molecule has 0 saturated heterocycles. The van der Waals surface area contributed by atoms with Gasteiger partial charge in [0.25, 0.3) is 0 Å². The van der Waals surface area contributed by atoms with Crippen LogP contribution in [0.4, 0.5) is 5.13 Å². The summed E-state index contributed by atoms with van der Waals surface area (Å²) >= 11 is 7.09. The molecule has 1 aromatic heterocycles. The number of anilines is 1. The van der Waals surface area contributed by atoms with E-state index < -0.39 is 0 Å². The average molecular weight is 380 g/mol. The maximum absolute atomic E-state index is 5.56. The molecule has 0 aliphatic heterocycles. The van der Waals surface area contributed by atoms with Crippen LogP contribution in [0.25, 0.3) is 0 Å². The van der Waals surface area contributed by atoms with Crippen molar-refractivity contribution in [1.29, 1.82) is 0 Å². The number of methoxy groups -OCH3 is 2. The lowest BCUT2D eigenvalue weighted by molar-refractivity contribution is 0.332. The molecule has 7 heteroatoms. The molecule has 0 aliphatic rings. The average Bonchev–Trinajstić information content (AvgIpc) is 3.09. The summed E-state index contributed by atoms with van der Waals surface area (Å²) in [5, 5.41) is 13.5. The number of hydrogen-bond donors (Lipinski definition) is 1. The van der Waals surface area contributed by atoms with Crippen molar-refractivity contribution < 1.29 is 9.47 Å². The van der Waals surface area contributed by atoms with Gasteiger partial charge in [0, 0.05) is 5.41 Å². The molecule has 2 aromatic rings. The number of benzene rings is 1. The lowest BCUT2D eigenvalue weighted by Crippen LogP contribution is -2.25. The Labute approximate surface area is 158 Å². The lowest BCUT2D eigenvalue weighted by Gasteiger charge is -2.28. The summed E-state index contributed by atoms with van der Waals surface area (Å²) in [6, 6.07) is 5.56. The molecule has 1 N–H and O–H groups in total. The highest BCUT2D eigenvalue weighted by atomic mass is 32.1. The predicted molar refractivity (Wildman–Crippen MR) is 107 cm³/mol. The minimum atomic E-state index is -0.0317. The molecule has 0 bridgehead atoms. The fraction of sp³-hybridized carbons (Fsp3) is 0.500. The monoisotopic (exact) mass is 379 g/mol. The first kappa shape index (κ1) is 19.6. The summed E-state index contributed by atoms with van der Waals surface area (Å²) in [6.45, 7) is 8.83. The van der Waals surface area contributed by atoms with E-state index in [0.29, 0.717) is 33.1 Å². The molecule has 0 amide bonds. The first-order valence-electron chi connectivity index (χ1n) is 8.21.